The molecule has 12 heteroatoms. The number of carboxylic acids is 2. The van der Waals surface area contributed by atoms with Crippen molar-refractivity contribution in [2.45, 2.75) is 12.2 Å². The Morgan fingerprint density at radius 1 is 0.875 bits per heavy atom. The maximum absolute atomic E-state index is 9.77. The van der Waals surface area contributed by atoms with Gasteiger partial charge in [0.15, 0.2) is 23.8 Å². The molecule has 0 spiro atoms. The minimum atomic E-state index is -2.27. The van der Waals surface area contributed by atoms with Gasteiger partial charge in [0.25, 0.3) is 0 Å². The molecule has 0 amide bonds. The summed E-state index contributed by atoms with van der Waals surface area (Å²) in [6, 6.07) is 7.57. The Morgan fingerprint density at radius 3 is 1.46 bits per heavy atom. The summed E-state index contributed by atoms with van der Waals surface area (Å²) in [5.74, 6) is 8.12. The number of hydrogen-bond acceptors (Lipinski definition) is 10. The van der Waals surface area contributed by atoms with Gasteiger partial charge in [-0.3, -0.25) is 0 Å². The third-order valence-electron chi connectivity index (χ3n) is 2.77. The molecule has 1 aromatic heterocycles. The largest absolute Gasteiger partial charge is 0.479 e. The Kier molecular flexibility index (Phi) is 6.76. The van der Waals surface area contributed by atoms with Gasteiger partial charge in [-0.2, -0.15) is 0 Å². The summed E-state index contributed by atoms with van der Waals surface area (Å²) in [6.07, 6.45) is -4.53. The molecule has 0 saturated heterocycles. The van der Waals surface area contributed by atoms with Crippen LogP contribution in [0.4, 0.5) is 11.6 Å². The number of nitrogens with two attached hydrogens (primary N) is 2. The summed E-state index contributed by atoms with van der Waals surface area (Å²) >= 11 is 0. The van der Waals surface area contributed by atoms with Gasteiger partial charge in [0.2, 0.25) is 0 Å². The molecule has 1 heterocycles. The van der Waals surface area contributed by atoms with Gasteiger partial charge in [-0.25, -0.2) is 21.3 Å². The molecule has 0 saturated carbocycles. The third-order valence-corrected chi connectivity index (χ3v) is 2.77. The molecule has 2 aromatic rings. The molecular formula is C12H16N6O6. The molecule has 0 radical (unpaired) electrons. The number of aliphatic hydroxyl groups excluding tert-OH is 2. The maximum atomic E-state index is 9.77. The molecule has 0 bridgehead atoms. The number of aliphatic hydroxyl groups is 2. The molecule has 1 aromatic carbocycles. The fourth-order valence-electron chi connectivity index (χ4n) is 1.59. The number of hydrogen-bond donors (Lipinski definition) is 8. The predicted octanol–water partition coefficient (Wildman–Crippen LogP) is -1.92. The maximum Gasteiger partial charge on any atom is 0.335 e. The van der Waals surface area contributed by atoms with Crippen LogP contribution >= 0.6 is 0 Å². The summed E-state index contributed by atoms with van der Waals surface area (Å²) in [4.78, 5) is 19.5. The number of carbonyl (C=O) groups is 2. The normalized spacial score (nSPS) is 12.5. The number of aromatic nitrogens is 2. The average molecular weight is 340 g/mol. The van der Waals surface area contributed by atoms with Crippen molar-refractivity contribution in [3.63, 3.8) is 0 Å². The standard InChI is InChI=1S/C8H10N6.C4H6O6/c9-11-7-5-3-1-2-4-6(5)8(12-10)14-13-7;5-1(3(7)8)2(6)4(9)10/h1-4H,9-10H2,(H,11,13)(H,12,14);1-2,5-6H,(H,7,8)(H,9,10)/t;1-,2-/m.1/s1. The lowest BCUT2D eigenvalue weighted by Gasteiger charge is -2.07. The molecule has 0 aliphatic heterocycles. The van der Waals surface area contributed by atoms with E-state index in [1.54, 1.807) is 0 Å². The van der Waals surface area contributed by atoms with Gasteiger partial charge in [-0.15, -0.1) is 10.2 Å². The Morgan fingerprint density at radius 2 is 1.21 bits per heavy atom. The van der Waals surface area contributed by atoms with Gasteiger partial charge >= 0.3 is 11.9 Å². The van der Waals surface area contributed by atoms with E-state index in [0.717, 1.165) is 10.8 Å². The Bertz CT molecular complexity index is 666. The van der Waals surface area contributed by atoms with Gasteiger partial charge in [0.1, 0.15) is 0 Å². The highest BCUT2D eigenvalue weighted by Gasteiger charge is 2.29. The van der Waals surface area contributed by atoms with Crippen LogP contribution in [0.3, 0.4) is 0 Å². The van der Waals surface area contributed by atoms with Gasteiger partial charge in [0.05, 0.1) is 0 Å². The molecule has 0 fully saturated rings. The number of benzene rings is 1. The van der Waals surface area contributed by atoms with Crippen molar-refractivity contribution < 1.29 is 30.0 Å². The SMILES string of the molecule is NNc1nnc(NN)c2ccccc12.O=C(O)[C@H](O)[C@@H](O)C(=O)O. The molecular weight excluding hydrogens is 324 g/mol. The van der Waals surface area contributed by atoms with E-state index in [9.17, 15) is 9.59 Å². The first kappa shape index (κ1) is 19.0. The summed E-state index contributed by atoms with van der Waals surface area (Å²) in [5.41, 5.74) is 4.96. The molecule has 10 N–H and O–H groups in total. The lowest BCUT2D eigenvalue weighted by molar-refractivity contribution is -0.165. The molecule has 0 aliphatic carbocycles. The van der Waals surface area contributed by atoms with Crippen molar-refractivity contribution in [3.05, 3.63) is 24.3 Å². The van der Waals surface area contributed by atoms with Crippen LogP contribution in [-0.4, -0.2) is 54.8 Å². The van der Waals surface area contributed by atoms with Crippen molar-refractivity contribution in [3.8, 4) is 0 Å². The van der Waals surface area contributed by atoms with E-state index < -0.39 is 24.1 Å². The van der Waals surface area contributed by atoms with Gasteiger partial charge in [0, 0.05) is 10.8 Å². The molecule has 0 unspecified atom stereocenters. The first-order chi connectivity index (χ1) is 11.3. The molecule has 2 rings (SSSR count). The highest BCUT2D eigenvalue weighted by atomic mass is 16.4. The number of carboxylic acid groups (broad SMARTS) is 2. The second-order valence-electron chi connectivity index (χ2n) is 4.30. The van der Waals surface area contributed by atoms with E-state index in [-0.39, 0.29) is 0 Å². The van der Waals surface area contributed by atoms with Crippen LogP contribution in [0, 0.1) is 0 Å². The number of hydrazine groups is 2. The first-order valence-corrected chi connectivity index (χ1v) is 6.33. The van der Waals surface area contributed by atoms with Crippen LogP contribution in [0.15, 0.2) is 24.3 Å². The van der Waals surface area contributed by atoms with Crippen LogP contribution in [0.2, 0.25) is 0 Å². The number of nitrogens with zero attached hydrogens (tertiary/aromatic N) is 2. The van der Waals surface area contributed by atoms with E-state index in [0.29, 0.717) is 11.6 Å². The minimum Gasteiger partial charge on any atom is -0.479 e. The predicted molar refractivity (Wildman–Crippen MR) is 82.4 cm³/mol. The van der Waals surface area contributed by atoms with Crippen LogP contribution in [0.1, 0.15) is 0 Å². The number of fused-ring (bicyclic) bond motifs is 1. The Balaban J connectivity index is 0.000000257. The number of nitrogen functional groups attached to an aromatic ring is 2. The zero-order valence-corrected chi connectivity index (χ0v) is 12.1. The fraction of sp³-hybridized carbons (Fsp3) is 0.167. The van der Waals surface area contributed by atoms with Crippen LogP contribution in [-0.2, 0) is 9.59 Å². The molecule has 130 valence electrons. The van der Waals surface area contributed by atoms with Crippen molar-refractivity contribution in [2.75, 3.05) is 10.9 Å². The zero-order valence-electron chi connectivity index (χ0n) is 12.1. The smallest absolute Gasteiger partial charge is 0.335 e. The summed E-state index contributed by atoms with van der Waals surface area (Å²) in [7, 11) is 0. The average Bonchev–Trinajstić information content (AvgIpc) is 2.59. The van der Waals surface area contributed by atoms with E-state index in [4.69, 9.17) is 32.1 Å². The number of nitrogens with one attached hydrogen (secondary N) is 2. The summed E-state index contributed by atoms with van der Waals surface area (Å²) < 4.78 is 0. The van der Waals surface area contributed by atoms with Crippen LogP contribution in [0.25, 0.3) is 10.8 Å². The number of aliphatic carboxylic acids is 2. The van der Waals surface area contributed by atoms with E-state index in [1.807, 2.05) is 24.3 Å². The van der Waals surface area contributed by atoms with E-state index in [2.05, 4.69) is 21.0 Å². The minimum absolute atomic E-state index is 0.527. The van der Waals surface area contributed by atoms with Crippen molar-refractivity contribution in [2.24, 2.45) is 11.7 Å². The van der Waals surface area contributed by atoms with Crippen LogP contribution < -0.4 is 22.5 Å². The fourth-order valence-corrected chi connectivity index (χ4v) is 1.59. The topological polar surface area (TPSA) is 217 Å². The zero-order chi connectivity index (χ0) is 18.3. The summed E-state index contributed by atoms with van der Waals surface area (Å²) in [6.45, 7) is 0. The lowest BCUT2D eigenvalue weighted by Crippen LogP contribution is -2.39. The highest BCUT2D eigenvalue weighted by Crippen LogP contribution is 2.24. The third kappa shape index (κ3) is 4.47. The van der Waals surface area contributed by atoms with Gasteiger partial charge in [-0.05, 0) is 0 Å². The molecule has 0 aliphatic rings. The molecule has 12 nitrogen and oxygen atoms in total. The number of anilines is 2. The molecule has 24 heavy (non-hydrogen) atoms. The Hall–Kier alpha value is -3.06. The van der Waals surface area contributed by atoms with Crippen molar-refractivity contribution in [1.82, 2.24) is 10.2 Å². The van der Waals surface area contributed by atoms with Gasteiger partial charge < -0.3 is 31.3 Å². The van der Waals surface area contributed by atoms with Crippen molar-refractivity contribution in [1.29, 1.82) is 0 Å². The molecule has 2 atom stereocenters. The van der Waals surface area contributed by atoms with Gasteiger partial charge in [-0.1, -0.05) is 24.3 Å². The Labute approximate surface area is 134 Å². The second-order valence-corrected chi connectivity index (χ2v) is 4.30. The van der Waals surface area contributed by atoms with Crippen molar-refractivity contribution >= 4 is 34.3 Å². The van der Waals surface area contributed by atoms with E-state index >= 15 is 0 Å². The number of rotatable bonds is 5. The summed E-state index contributed by atoms with van der Waals surface area (Å²) in [5, 5.41) is 42.0. The monoisotopic (exact) mass is 340 g/mol. The van der Waals surface area contributed by atoms with E-state index in [1.165, 1.54) is 0 Å². The highest BCUT2D eigenvalue weighted by molar-refractivity contribution is 5.97. The van der Waals surface area contributed by atoms with Crippen LogP contribution in [0.5, 0.6) is 0 Å². The first-order valence-electron chi connectivity index (χ1n) is 6.33. The second kappa shape index (κ2) is 8.54. The lowest BCUT2D eigenvalue weighted by atomic mass is 10.2. The quantitative estimate of drug-likeness (QED) is 0.220.